The van der Waals surface area contributed by atoms with E-state index in [4.69, 9.17) is 4.74 Å². The molecule has 3 amide bonds. The lowest BCUT2D eigenvalue weighted by atomic mass is 9.99. The largest absolute Gasteiger partial charge is 0.495 e. The van der Waals surface area contributed by atoms with Gasteiger partial charge in [0.05, 0.1) is 42.8 Å². The zero-order valence-corrected chi connectivity index (χ0v) is 29.4. The molecule has 0 bridgehead atoms. The number of carbonyl (C=O) groups excluding carboxylic acids is 3. The number of nitrogens with zero attached hydrogens (tertiary/aromatic N) is 5. The second kappa shape index (κ2) is 16.0. The Kier molecular flexibility index (Phi) is 12.0. The number of methoxy groups -OCH3 is 1. The Hall–Kier alpha value is -5.20. The highest BCUT2D eigenvalue weighted by Crippen LogP contribution is 2.40. The van der Waals surface area contributed by atoms with E-state index in [1.165, 1.54) is 77.2 Å². The van der Waals surface area contributed by atoms with Gasteiger partial charge in [0, 0.05) is 35.5 Å². The summed E-state index contributed by atoms with van der Waals surface area (Å²) in [6.07, 6.45) is 8.62. The van der Waals surface area contributed by atoms with Crippen LogP contribution in [0.3, 0.4) is 0 Å². The molecule has 1 aromatic heterocycles. The number of fused-ring (bicyclic) bond motifs is 3. The number of anilines is 2. The van der Waals surface area contributed by atoms with Crippen molar-refractivity contribution in [3.8, 4) is 11.8 Å². The number of aromatic nitrogens is 2. The maximum atomic E-state index is 15.3. The number of rotatable bonds is 6. The van der Waals surface area contributed by atoms with Gasteiger partial charge in [-0.1, -0.05) is 12.1 Å². The molecular weight excluding hydrogens is 690 g/mol. The Morgan fingerprint density at radius 1 is 1.06 bits per heavy atom. The Morgan fingerprint density at radius 3 is 2.22 bits per heavy atom. The summed E-state index contributed by atoms with van der Waals surface area (Å²) in [6, 6.07) is 14.5. The number of nitriles is 1. The van der Waals surface area contributed by atoms with Crippen LogP contribution in [0.25, 0.3) is 5.70 Å². The Bertz CT molecular complexity index is 1960. The Morgan fingerprint density at radius 2 is 1.66 bits per heavy atom. The summed E-state index contributed by atoms with van der Waals surface area (Å²) in [5, 5.41) is 16.4. The summed E-state index contributed by atoms with van der Waals surface area (Å²) < 4.78 is 50.3. The topological polar surface area (TPSA) is 121 Å². The molecule has 0 spiro atoms. The highest BCUT2D eigenvalue weighted by molar-refractivity contribution is 7.97. The number of carbonyl (C=O) groups is 3. The number of ether oxygens (including phenoxy) is 1. The van der Waals surface area contributed by atoms with E-state index in [2.05, 4.69) is 23.0 Å². The second-order valence-electron chi connectivity index (χ2n) is 10.8. The van der Waals surface area contributed by atoms with Gasteiger partial charge >= 0.3 is 0 Å². The molecule has 1 N–H and O–H groups in total. The number of thioether (sulfide) groups is 1. The van der Waals surface area contributed by atoms with Gasteiger partial charge in [0.2, 0.25) is 5.91 Å². The summed E-state index contributed by atoms with van der Waals surface area (Å²) in [7, 11) is 1.40. The quantitative estimate of drug-likeness (QED) is 0.218. The normalized spacial score (nSPS) is 14.5. The standard InChI is InChI=1S/C32H23F3N6O4.C2H6S.CH4S/c1-18(42)39-16-26-27(17-39)41-29(25(15-37-41)38-30(43)19-3-12-28(45-2)20(13-19)14-36)31(44)40(26)24-10-6-22(7-11-24)32(34,35)21-4-8-23(33)9-5-21;1-3-2;1-2/h3-13,15,17,26H,16H2,1-2H3,(H,38,43);1-2H3;2H,1H3/t26-;;/m0../s1. The molecule has 0 unspecified atom stereocenters. The predicted molar refractivity (Wildman–Crippen MR) is 190 cm³/mol. The van der Waals surface area contributed by atoms with Crippen LogP contribution in [0.1, 0.15) is 44.5 Å². The number of benzene rings is 3. The highest BCUT2D eigenvalue weighted by Gasteiger charge is 2.44. The Labute approximate surface area is 296 Å². The van der Waals surface area contributed by atoms with Crippen molar-refractivity contribution in [2.45, 2.75) is 18.9 Å². The van der Waals surface area contributed by atoms with Gasteiger partial charge in [0.1, 0.15) is 17.6 Å². The third-order valence-electron chi connectivity index (χ3n) is 7.70. The lowest BCUT2D eigenvalue weighted by Gasteiger charge is -2.35. The minimum atomic E-state index is -3.44. The van der Waals surface area contributed by atoms with E-state index in [0.717, 1.165) is 24.3 Å². The highest BCUT2D eigenvalue weighted by atomic mass is 32.2. The molecule has 260 valence electrons. The van der Waals surface area contributed by atoms with Gasteiger partial charge in [-0.15, -0.1) is 0 Å². The van der Waals surface area contributed by atoms with Gasteiger partial charge in [-0.25, -0.2) is 9.07 Å². The monoisotopic (exact) mass is 722 g/mol. The maximum absolute atomic E-state index is 15.3. The first-order valence-electron chi connectivity index (χ1n) is 14.8. The third kappa shape index (κ3) is 7.36. The van der Waals surface area contributed by atoms with Crippen LogP contribution in [-0.4, -0.2) is 70.9 Å². The zero-order chi connectivity index (χ0) is 36.7. The number of amides is 3. The molecule has 2 aliphatic heterocycles. The van der Waals surface area contributed by atoms with E-state index >= 15 is 8.78 Å². The first kappa shape index (κ1) is 37.6. The van der Waals surface area contributed by atoms with Crippen LogP contribution in [0.2, 0.25) is 0 Å². The minimum Gasteiger partial charge on any atom is -0.495 e. The van der Waals surface area contributed by atoms with Crippen molar-refractivity contribution in [1.82, 2.24) is 14.7 Å². The summed E-state index contributed by atoms with van der Waals surface area (Å²) >= 11 is 5.28. The average Bonchev–Trinajstić information content (AvgIpc) is 3.75. The lowest BCUT2D eigenvalue weighted by Crippen LogP contribution is -2.49. The number of hydrogen-bond donors (Lipinski definition) is 2. The summed E-state index contributed by atoms with van der Waals surface area (Å²) in [5.41, 5.74) is 0.258. The summed E-state index contributed by atoms with van der Waals surface area (Å²) in [6.45, 7) is 1.46. The maximum Gasteiger partial charge on any atom is 0.298 e. The van der Waals surface area contributed by atoms with Gasteiger partial charge < -0.3 is 15.0 Å². The van der Waals surface area contributed by atoms with Gasteiger partial charge in [0.15, 0.2) is 5.69 Å². The summed E-state index contributed by atoms with van der Waals surface area (Å²) in [4.78, 5) is 42.3. The van der Waals surface area contributed by atoms with Crippen molar-refractivity contribution in [3.63, 3.8) is 0 Å². The van der Waals surface area contributed by atoms with Gasteiger partial charge in [0.25, 0.3) is 17.7 Å². The van der Waals surface area contributed by atoms with Gasteiger partial charge in [-0.2, -0.15) is 43.5 Å². The van der Waals surface area contributed by atoms with Crippen LogP contribution in [0.4, 0.5) is 24.5 Å². The molecule has 0 aliphatic carbocycles. The summed E-state index contributed by atoms with van der Waals surface area (Å²) in [5.74, 6) is -5.29. The van der Waals surface area contributed by atoms with Crippen LogP contribution < -0.4 is 15.0 Å². The predicted octanol–water partition coefficient (Wildman–Crippen LogP) is 6.51. The molecule has 0 saturated carbocycles. The molecule has 10 nitrogen and oxygen atoms in total. The van der Waals surface area contributed by atoms with Crippen molar-refractivity contribution in [1.29, 1.82) is 5.26 Å². The van der Waals surface area contributed by atoms with E-state index in [1.807, 2.05) is 18.6 Å². The third-order valence-corrected chi connectivity index (χ3v) is 7.70. The van der Waals surface area contributed by atoms with Gasteiger partial charge in [-0.05, 0) is 73.4 Å². The minimum absolute atomic E-state index is 0.0222. The van der Waals surface area contributed by atoms with Crippen molar-refractivity contribution < 1.29 is 32.3 Å². The lowest BCUT2D eigenvalue weighted by molar-refractivity contribution is -0.126. The van der Waals surface area contributed by atoms with Crippen molar-refractivity contribution in [3.05, 3.63) is 113 Å². The molecule has 1 atom stereocenters. The second-order valence-corrected chi connectivity index (χ2v) is 11.6. The van der Waals surface area contributed by atoms with Gasteiger partial charge in [-0.3, -0.25) is 19.3 Å². The molecule has 2 aliphatic rings. The van der Waals surface area contributed by atoms with Crippen molar-refractivity contribution >= 4 is 59.2 Å². The number of hydrogen-bond acceptors (Lipinski definition) is 8. The molecule has 3 aromatic carbocycles. The SMILES string of the molecule is COc1ccc(C(=O)Nc2cnn3c2C(=O)N(c2ccc(C(F)(F)c4ccc(F)cc4)cc2)[C@H]2CN(C(C)=O)C=C23)cc1C#N.CS.CSC. The number of thiol groups is 1. The van der Waals surface area contributed by atoms with E-state index in [9.17, 15) is 24.0 Å². The first-order chi connectivity index (χ1) is 23.9. The number of alkyl halides is 2. The fourth-order valence-corrected chi connectivity index (χ4v) is 5.39. The first-order valence-corrected chi connectivity index (χ1v) is 17.4. The molecular formula is C35H33F3N6O4S2. The van der Waals surface area contributed by atoms with E-state index < -0.39 is 35.2 Å². The average molecular weight is 723 g/mol. The van der Waals surface area contributed by atoms with Crippen LogP contribution in [0.5, 0.6) is 5.75 Å². The van der Waals surface area contributed by atoms with E-state index in [1.54, 1.807) is 24.2 Å². The van der Waals surface area contributed by atoms with Crippen LogP contribution in [0.15, 0.2) is 79.1 Å². The molecule has 3 heterocycles. The fraction of sp³-hybridized carbons (Fsp3) is 0.229. The Balaban J connectivity index is 0.00000107. The fourth-order valence-electron chi connectivity index (χ4n) is 5.39. The van der Waals surface area contributed by atoms with Crippen molar-refractivity contribution in [2.24, 2.45) is 0 Å². The molecule has 0 fully saturated rings. The number of nitrogens with one attached hydrogen (secondary N) is 1. The smallest absolute Gasteiger partial charge is 0.298 e. The van der Waals surface area contributed by atoms with E-state index in [0.29, 0.717) is 11.4 Å². The molecule has 0 radical (unpaired) electrons. The van der Waals surface area contributed by atoms with Crippen LogP contribution in [-0.2, 0) is 10.7 Å². The van der Waals surface area contributed by atoms with Crippen molar-refractivity contribution in [2.75, 3.05) is 42.6 Å². The van der Waals surface area contributed by atoms with E-state index in [-0.39, 0.29) is 46.2 Å². The molecule has 6 rings (SSSR count). The zero-order valence-electron chi connectivity index (χ0n) is 27.6. The molecule has 0 saturated heterocycles. The number of halogens is 3. The molecule has 50 heavy (non-hydrogen) atoms. The van der Waals surface area contributed by atoms with Crippen LogP contribution >= 0.6 is 24.4 Å². The molecule has 4 aromatic rings. The van der Waals surface area contributed by atoms with Crippen LogP contribution in [0, 0.1) is 17.1 Å². The molecule has 15 heteroatoms.